The lowest BCUT2D eigenvalue weighted by Gasteiger charge is -2.05. The van der Waals surface area contributed by atoms with E-state index in [2.05, 4.69) is 4.98 Å². The summed E-state index contributed by atoms with van der Waals surface area (Å²) in [6.07, 6.45) is 1.39. The van der Waals surface area contributed by atoms with Gasteiger partial charge in [-0.15, -0.1) is 0 Å². The van der Waals surface area contributed by atoms with Gasteiger partial charge in [-0.05, 0) is 37.3 Å². The molecule has 6 nitrogen and oxygen atoms in total. The monoisotopic (exact) mass is 301 g/mol. The van der Waals surface area contributed by atoms with Crippen molar-refractivity contribution < 1.29 is 21.8 Å². The maximum Gasteiger partial charge on any atom is 0.339 e. The number of ether oxygens (including phenoxy) is 1. The van der Waals surface area contributed by atoms with Crippen molar-refractivity contribution in [2.24, 2.45) is 0 Å². The number of hydrogen-bond donors (Lipinski definition) is 2. The average Bonchev–Trinajstić information content (AvgIpc) is 2.82. The summed E-state index contributed by atoms with van der Waals surface area (Å²) >= 11 is 0. The second kappa shape index (κ2) is 5.40. The molecule has 0 radical (unpaired) electrons. The Hall–Kier alpha value is -3.02. The first-order chi connectivity index (χ1) is 11.3. The van der Waals surface area contributed by atoms with Gasteiger partial charge in [0.2, 0.25) is 0 Å². The second-order valence-corrected chi connectivity index (χ2v) is 4.61. The molecule has 0 amide bonds. The Morgan fingerprint density at radius 2 is 2.27 bits per heavy atom. The number of aromatic nitrogens is 1. The Morgan fingerprint density at radius 1 is 1.45 bits per heavy atom. The van der Waals surface area contributed by atoms with Crippen LogP contribution in [0.4, 0.5) is 0 Å². The van der Waals surface area contributed by atoms with Crippen molar-refractivity contribution in [2.45, 2.75) is 13.5 Å². The zero-order valence-corrected chi connectivity index (χ0v) is 11.5. The number of hydrogen-bond acceptors (Lipinski definition) is 4. The molecular weight excluding hydrogens is 286 g/mol. The lowest BCUT2D eigenvalue weighted by Crippen LogP contribution is -2.13. The van der Waals surface area contributed by atoms with Gasteiger partial charge in [0.15, 0.2) is 0 Å². The number of carboxylic acid groups (broad SMARTS) is 1. The fourth-order valence-corrected chi connectivity index (χ4v) is 2.14. The summed E-state index contributed by atoms with van der Waals surface area (Å²) in [5, 5.41) is 9.57. The van der Waals surface area contributed by atoms with Gasteiger partial charge >= 0.3 is 5.97 Å². The van der Waals surface area contributed by atoms with Crippen LogP contribution in [-0.2, 0) is 6.56 Å². The third kappa shape index (κ3) is 2.46. The summed E-state index contributed by atoms with van der Waals surface area (Å²) in [4.78, 5) is 25.5. The van der Waals surface area contributed by atoms with E-state index in [9.17, 15) is 14.7 Å². The van der Waals surface area contributed by atoms with Crippen molar-refractivity contribution >= 4 is 16.9 Å². The van der Waals surface area contributed by atoms with Crippen LogP contribution < -0.4 is 10.3 Å². The average molecular weight is 301 g/mol. The lowest BCUT2D eigenvalue weighted by molar-refractivity contribution is 0.0697. The predicted molar refractivity (Wildman–Crippen MR) is 79.3 cm³/mol. The minimum atomic E-state index is -2.38. The summed E-state index contributed by atoms with van der Waals surface area (Å²) < 4.78 is 26.6. The van der Waals surface area contributed by atoms with Crippen molar-refractivity contribution in [2.75, 3.05) is 0 Å². The number of benzene rings is 1. The van der Waals surface area contributed by atoms with Crippen molar-refractivity contribution in [3.05, 3.63) is 63.8 Å². The Morgan fingerprint density at radius 3 is 3.00 bits per heavy atom. The van der Waals surface area contributed by atoms with Crippen LogP contribution in [0, 0.1) is 6.92 Å². The van der Waals surface area contributed by atoms with E-state index in [0.717, 1.165) is 0 Å². The Kier molecular flexibility index (Phi) is 2.85. The van der Waals surface area contributed by atoms with Gasteiger partial charge in [-0.1, -0.05) is 0 Å². The van der Waals surface area contributed by atoms with E-state index in [1.54, 1.807) is 0 Å². The molecule has 0 fully saturated rings. The quantitative estimate of drug-likeness (QED) is 0.773. The van der Waals surface area contributed by atoms with Crippen LogP contribution >= 0.6 is 0 Å². The van der Waals surface area contributed by atoms with Gasteiger partial charge in [-0.25, -0.2) is 4.79 Å². The van der Waals surface area contributed by atoms with Gasteiger partial charge in [-0.3, -0.25) is 4.79 Å². The Bertz CT molecular complexity index is 990. The number of rotatable bonds is 4. The maximum absolute atomic E-state index is 11.7. The van der Waals surface area contributed by atoms with Crippen molar-refractivity contribution in [3.63, 3.8) is 0 Å². The summed E-state index contributed by atoms with van der Waals surface area (Å²) in [6, 6.07) is 7.14. The highest BCUT2D eigenvalue weighted by molar-refractivity contribution is 6.03. The van der Waals surface area contributed by atoms with E-state index in [1.165, 1.54) is 43.5 Å². The first kappa shape index (κ1) is 11.6. The minimum Gasteiger partial charge on any atom is -0.489 e. The van der Waals surface area contributed by atoms with E-state index in [0.29, 0.717) is 11.0 Å². The second-order valence-electron chi connectivity index (χ2n) is 4.61. The zero-order chi connectivity index (χ0) is 17.5. The van der Waals surface area contributed by atoms with Crippen molar-refractivity contribution in [1.82, 2.24) is 4.98 Å². The minimum absolute atomic E-state index is 0.00595. The SMILES string of the molecule is [2H]C([2H])(Oc1ccc2oc(C)c(C(=O)O)c2c1)c1ccc[nH]c1=O. The number of carboxylic acids is 1. The van der Waals surface area contributed by atoms with Crippen molar-refractivity contribution in [3.8, 4) is 5.75 Å². The number of aromatic amines is 1. The zero-order valence-electron chi connectivity index (χ0n) is 13.5. The van der Waals surface area contributed by atoms with Crippen LogP contribution in [0.25, 0.3) is 11.0 Å². The van der Waals surface area contributed by atoms with Gasteiger partial charge in [0.25, 0.3) is 5.56 Å². The highest BCUT2D eigenvalue weighted by Crippen LogP contribution is 2.29. The molecule has 112 valence electrons. The van der Waals surface area contributed by atoms with E-state index >= 15 is 0 Å². The van der Waals surface area contributed by atoms with Gasteiger partial charge in [-0.2, -0.15) is 0 Å². The summed E-state index contributed by atoms with van der Waals surface area (Å²) in [7, 11) is 0. The number of aryl methyl sites for hydroxylation is 1. The molecule has 6 heteroatoms. The number of H-pyrrole nitrogens is 1. The number of aromatic carboxylic acids is 1. The third-order valence-electron chi connectivity index (χ3n) is 3.15. The molecule has 0 atom stereocenters. The first-order valence-electron chi connectivity index (χ1n) is 7.43. The first-order valence-corrected chi connectivity index (χ1v) is 6.43. The van der Waals surface area contributed by atoms with Crippen LogP contribution in [-0.4, -0.2) is 16.1 Å². The number of nitrogens with one attached hydrogen (secondary N) is 1. The van der Waals surface area contributed by atoms with E-state index < -0.39 is 18.1 Å². The molecule has 3 aromatic rings. The number of fused-ring (bicyclic) bond motifs is 1. The van der Waals surface area contributed by atoms with Gasteiger partial charge < -0.3 is 19.2 Å². The van der Waals surface area contributed by atoms with Crippen LogP contribution in [0.1, 0.15) is 24.4 Å². The van der Waals surface area contributed by atoms with E-state index in [1.807, 2.05) is 0 Å². The molecule has 0 aliphatic rings. The predicted octanol–water partition coefficient (Wildman–Crippen LogP) is 2.71. The molecule has 3 rings (SSSR count). The van der Waals surface area contributed by atoms with Gasteiger partial charge in [0.1, 0.15) is 29.2 Å². The van der Waals surface area contributed by atoms with Crippen LogP contribution in [0.15, 0.2) is 45.7 Å². The maximum atomic E-state index is 11.7. The van der Waals surface area contributed by atoms with E-state index in [4.69, 9.17) is 11.9 Å². The normalized spacial score (nSPS) is 12.8. The highest BCUT2D eigenvalue weighted by atomic mass is 16.5. The fraction of sp³-hybridized carbons (Fsp3) is 0.125. The largest absolute Gasteiger partial charge is 0.489 e. The van der Waals surface area contributed by atoms with Crippen LogP contribution in [0.3, 0.4) is 0 Å². The molecule has 0 spiro atoms. The fourth-order valence-electron chi connectivity index (χ4n) is 2.14. The lowest BCUT2D eigenvalue weighted by atomic mass is 10.1. The Labute approximate surface area is 127 Å². The molecule has 2 aromatic heterocycles. The van der Waals surface area contributed by atoms with Gasteiger partial charge in [0.05, 0.1) is 8.30 Å². The molecular formula is C16H13NO5. The Balaban J connectivity index is 2.04. The third-order valence-corrected chi connectivity index (χ3v) is 3.15. The molecule has 2 N–H and O–H groups in total. The summed E-state index contributed by atoms with van der Waals surface area (Å²) in [5.74, 6) is -0.817. The van der Waals surface area contributed by atoms with E-state index in [-0.39, 0.29) is 22.6 Å². The summed E-state index contributed by atoms with van der Waals surface area (Å²) in [5.41, 5.74) is -0.440. The molecule has 0 saturated carbocycles. The molecule has 0 bridgehead atoms. The van der Waals surface area contributed by atoms with Crippen molar-refractivity contribution in [1.29, 1.82) is 0 Å². The van der Waals surface area contributed by atoms with Crippen LogP contribution in [0.5, 0.6) is 5.75 Å². The van der Waals surface area contributed by atoms with Gasteiger partial charge in [0, 0.05) is 11.6 Å². The highest BCUT2D eigenvalue weighted by Gasteiger charge is 2.17. The van der Waals surface area contributed by atoms with Crippen LogP contribution in [0.2, 0.25) is 0 Å². The molecule has 22 heavy (non-hydrogen) atoms. The molecule has 1 aromatic carbocycles. The molecule has 0 aliphatic heterocycles. The molecule has 0 unspecified atom stereocenters. The molecule has 0 saturated heterocycles. The standard InChI is InChI=1S/C16H13NO5/c1-9-14(16(19)20)12-7-11(4-5-13(12)22-9)21-8-10-3-2-6-17-15(10)18/h2-7H,8H2,1H3,(H,17,18)(H,19,20)/i8D2. The number of pyridine rings is 1. The topological polar surface area (TPSA) is 92.5 Å². The number of carbonyl (C=O) groups is 1. The molecule has 0 aliphatic carbocycles. The smallest absolute Gasteiger partial charge is 0.339 e. The number of furan rings is 1. The molecule has 2 heterocycles. The summed E-state index contributed by atoms with van der Waals surface area (Å²) in [6.45, 7) is -0.850.